The van der Waals surface area contributed by atoms with Gasteiger partial charge in [0.1, 0.15) is 6.54 Å². The van der Waals surface area contributed by atoms with Crippen molar-refractivity contribution in [2.45, 2.75) is 18.3 Å². The van der Waals surface area contributed by atoms with E-state index < -0.39 is 35.8 Å². The van der Waals surface area contributed by atoms with Crippen molar-refractivity contribution in [3.63, 3.8) is 0 Å². The van der Waals surface area contributed by atoms with Gasteiger partial charge in [0, 0.05) is 0 Å². The van der Waals surface area contributed by atoms with E-state index in [0.717, 1.165) is 24.3 Å². The first kappa shape index (κ1) is 29.3. The van der Waals surface area contributed by atoms with Crippen LogP contribution >= 0.6 is 58.6 Å². The van der Waals surface area contributed by atoms with Gasteiger partial charge >= 0.3 is 12.4 Å². The summed E-state index contributed by atoms with van der Waals surface area (Å²) in [5.41, 5.74) is 4.00. The Labute approximate surface area is 220 Å². The highest BCUT2D eigenvalue weighted by Crippen LogP contribution is 2.41. The molecule has 2 aromatic rings. The fourth-order valence-electron chi connectivity index (χ4n) is 2.60. The number of rotatable bonds is 5. The van der Waals surface area contributed by atoms with Crippen LogP contribution in [0.4, 0.5) is 26.3 Å². The van der Waals surface area contributed by atoms with Gasteiger partial charge in [0.15, 0.2) is 5.11 Å². The van der Waals surface area contributed by atoms with Crippen LogP contribution in [0.5, 0.6) is 0 Å². The zero-order valence-electron chi connectivity index (χ0n) is 16.9. The summed E-state index contributed by atoms with van der Waals surface area (Å²) in [6, 6.07) is 5.86. The first-order valence-corrected chi connectivity index (χ1v) is 11.1. The van der Waals surface area contributed by atoms with Crippen molar-refractivity contribution in [3.05, 3.63) is 73.2 Å². The summed E-state index contributed by atoms with van der Waals surface area (Å²) >= 11 is 28.2. The zero-order chi connectivity index (χ0) is 26.6. The molecule has 4 nitrogen and oxygen atoms in total. The first-order chi connectivity index (χ1) is 16.1. The second-order valence-electron chi connectivity index (χ2n) is 6.79. The molecule has 15 heteroatoms. The number of benzene rings is 2. The molecule has 0 aliphatic carbocycles. The summed E-state index contributed by atoms with van der Waals surface area (Å²) in [7, 11) is 0. The second-order valence-corrected chi connectivity index (χ2v) is 8.80. The molecule has 0 saturated heterocycles. The molecule has 1 amide bonds. The van der Waals surface area contributed by atoms with Crippen LogP contribution in [-0.4, -0.2) is 29.9 Å². The highest BCUT2D eigenvalue weighted by Gasteiger charge is 2.39. The SMILES string of the molecule is O=C(NNC(=S)NCC(F)(F)F)c1ccc(C=CC(c2cc(Cl)c(Cl)c(Cl)c2)C(F)(F)F)cc1Cl. The summed E-state index contributed by atoms with van der Waals surface area (Å²) in [4.78, 5) is 12.2. The highest BCUT2D eigenvalue weighted by atomic mass is 35.5. The van der Waals surface area contributed by atoms with Crippen molar-refractivity contribution in [1.82, 2.24) is 16.2 Å². The first-order valence-electron chi connectivity index (χ1n) is 9.18. The molecule has 35 heavy (non-hydrogen) atoms. The Kier molecular flexibility index (Phi) is 9.95. The number of thiocarbonyl (C=S) groups is 1. The van der Waals surface area contributed by atoms with Crippen LogP contribution in [0.2, 0.25) is 20.1 Å². The molecular weight excluding hydrogens is 586 g/mol. The lowest BCUT2D eigenvalue weighted by Crippen LogP contribution is -2.48. The van der Waals surface area contributed by atoms with Crippen LogP contribution < -0.4 is 16.2 Å². The number of amides is 1. The van der Waals surface area contributed by atoms with Crippen molar-refractivity contribution in [2.75, 3.05) is 6.54 Å². The molecule has 2 rings (SSSR count). The number of carbonyl (C=O) groups is 1. The number of hydrazine groups is 1. The molecule has 190 valence electrons. The maximum Gasteiger partial charge on any atom is 0.405 e. The molecule has 3 N–H and O–H groups in total. The fraction of sp³-hybridized carbons (Fsp3) is 0.200. The Hall–Kier alpha value is -1.92. The van der Waals surface area contributed by atoms with Gasteiger partial charge in [-0.25, -0.2) is 0 Å². The Morgan fingerprint density at radius 3 is 2.06 bits per heavy atom. The number of allylic oxidation sites excluding steroid dienone is 1. The average Bonchev–Trinajstić information content (AvgIpc) is 2.73. The van der Waals surface area contributed by atoms with Gasteiger partial charge in [-0.2, -0.15) is 26.3 Å². The minimum absolute atomic E-state index is 0.0750. The molecule has 2 aromatic carbocycles. The third-order valence-electron chi connectivity index (χ3n) is 4.18. The van der Waals surface area contributed by atoms with E-state index >= 15 is 0 Å². The molecular formula is C20H13Cl4F6N3OS. The predicted octanol–water partition coefficient (Wildman–Crippen LogP) is 7.33. The second kappa shape index (κ2) is 11.9. The quantitative estimate of drug-likeness (QED) is 0.146. The van der Waals surface area contributed by atoms with Crippen molar-refractivity contribution in [1.29, 1.82) is 0 Å². The number of hydrogen-bond donors (Lipinski definition) is 3. The topological polar surface area (TPSA) is 53.2 Å². The van der Waals surface area contributed by atoms with Crippen molar-refractivity contribution in [2.24, 2.45) is 0 Å². The highest BCUT2D eigenvalue weighted by molar-refractivity contribution is 7.80. The van der Waals surface area contributed by atoms with Crippen molar-refractivity contribution < 1.29 is 31.1 Å². The van der Waals surface area contributed by atoms with E-state index in [1.807, 2.05) is 5.32 Å². The van der Waals surface area contributed by atoms with Crippen molar-refractivity contribution in [3.8, 4) is 0 Å². The lowest BCUT2D eigenvalue weighted by atomic mass is 9.97. The van der Waals surface area contributed by atoms with Crippen LogP contribution in [0.15, 0.2) is 36.4 Å². The van der Waals surface area contributed by atoms with Crippen molar-refractivity contribution >= 4 is 75.7 Å². The number of alkyl halides is 6. The van der Waals surface area contributed by atoms with E-state index in [2.05, 4.69) is 23.1 Å². The molecule has 0 heterocycles. The van der Waals surface area contributed by atoms with Crippen LogP contribution in [-0.2, 0) is 0 Å². The number of hydrogen-bond acceptors (Lipinski definition) is 2. The molecule has 0 bridgehead atoms. The largest absolute Gasteiger partial charge is 0.405 e. The van der Waals surface area contributed by atoms with E-state index in [4.69, 9.17) is 46.4 Å². The van der Waals surface area contributed by atoms with Crippen LogP contribution in [0, 0.1) is 0 Å². The fourth-order valence-corrected chi connectivity index (χ4v) is 3.61. The number of nitrogens with one attached hydrogen (secondary N) is 3. The predicted molar refractivity (Wildman–Crippen MR) is 128 cm³/mol. The van der Waals surface area contributed by atoms with Crippen LogP contribution in [0.1, 0.15) is 27.4 Å². The lowest BCUT2D eigenvalue weighted by Gasteiger charge is -2.18. The molecule has 0 spiro atoms. The van der Waals surface area contributed by atoms with E-state index in [1.54, 1.807) is 0 Å². The molecule has 0 aromatic heterocycles. The van der Waals surface area contributed by atoms with Gasteiger partial charge in [-0.3, -0.25) is 15.6 Å². The standard InChI is InChI=1S/C20H13Cl4F6N3OS/c21-13-5-9(1-3-11(13)17(34)32-33-18(35)31-8-19(25,26)27)2-4-12(20(28,29)30)10-6-14(22)16(24)15(23)7-10/h1-7,12H,8H2,(H,32,34)(H2,31,33,35). The van der Waals surface area contributed by atoms with Gasteiger partial charge in [-0.15, -0.1) is 0 Å². The summed E-state index contributed by atoms with van der Waals surface area (Å²) in [5.74, 6) is -2.92. The minimum atomic E-state index is -4.69. The molecule has 0 radical (unpaired) electrons. The molecule has 0 fully saturated rings. The summed E-state index contributed by atoms with van der Waals surface area (Å²) in [5, 5.41) is 0.849. The van der Waals surface area contributed by atoms with Gasteiger partial charge in [0.05, 0.1) is 31.6 Å². The van der Waals surface area contributed by atoms with E-state index in [-0.39, 0.29) is 36.8 Å². The molecule has 1 atom stereocenters. The molecule has 1 unspecified atom stereocenters. The molecule has 0 aliphatic heterocycles. The number of halogens is 10. The monoisotopic (exact) mass is 597 g/mol. The van der Waals surface area contributed by atoms with Crippen LogP contribution in [0.3, 0.4) is 0 Å². The Morgan fingerprint density at radius 1 is 0.943 bits per heavy atom. The minimum Gasteiger partial charge on any atom is -0.352 e. The Morgan fingerprint density at radius 2 is 1.54 bits per heavy atom. The van der Waals surface area contributed by atoms with E-state index in [0.29, 0.717) is 0 Å². The smallest absolute Gasteiger partial charge is 0.352 e. The number of carbonyl (C=O) groups excluding carboxylic acids is 1. The van der Waals surface area contributed by atoms with E-state index in [9.17, 15) is 31.1 Å². The summed E-state index contributed by atoms with van der Waals surface area (Å²) in [6.45, 7) is -1.41. The summed E-state index contributed by atoms with van der Waals surface area (Å²) < 4.78 is 77.4. The normalized spacial score (nSPS) is 13.0. The maximum atomic E-state index is 13.7. The van der Waals surface area contributed by atoms with Gasteiger partial charge < -0.3 is 5.32 Å². The average molecular weight is 599 g/mol. The zero-order valence-corrected chi connectivity index (χ0v) is 20.8. The van der Waals surface area contributed by atoms with Gasteiger partial charge in [0.25, 0.3) is 5.91 Å². The third-order valence-corrected chi connectivity index (χ3v) is 5.93. The maximum absolute atomic E-state index is 13.7. The Balaban J connectivity index is 2.15. The molecule has 0 saturated carbocycles. The Bertz CT molecular complexity index is 1120. The molecule has 0 aliphatic rings. The lowest BCUT2D eigenvalue weighted by molar-refractivity contribution is -0.139. The van der Waals surface area contributed by atoms with Crippen LogP contribution in [0.25, 0.3) is 6.08 Å². The third kappa shape index (κ3) is 8.91. The van der Waals surface area contributed by atoms with Gasteiger partial charge in [0.2, 0.25) is 0 Å². The summed E-state index contributed by atoms with van der Waals surface area (Å²) in [6.07, 6.45) is -7.21. The van der Waals surface area contributed by atoms with E-state index in [1.165, 1.54) is 18.2 Å². The van der Waals surface area contributed by atoms with Gasteiger partial charge in [-0.1, -0.05) is 64.6 Å². The van der Waals surface area contributed by atoms with Gasteiger partial charge in [-0.05, 0) is 47.6 Å².